The van der Waals surface area contributed by atoms with Crippen LogP contribution in [0, 0.1) is 0 Å². The predicted molar refractivity (Wildman–Crippen MR) is 69.3 cm³/mol. The summed E-state index contributed by atoms with van der Waals surface area (Å²) in [5, 5.41) is 0. The molecule has 0 unspecified atom stereocenters. The molecule has 0 aliphatic rings. The Hall–Kier alpha value is -0.990. The SMILES string of the molecule is CS(=O)(=O)CCS(=O)(=O)Cc1ccnc(CN)c1. The summed E-state index contributed by atoms with van der Waals surface area (Å²) in [5.74, 6) is -0.922. The van der Waals surface area contributed by atoms with Gasteiger partial charge in [0.1, 0.15) is 9.84 Å². The molecule has 6 nitrogen and oxygen atoms in total. The average molecular weight is 292 g/mol. The third-order valence-corrected chi connectivity index (χ3v) is 5.05. The third kappa shape index (κ3) is 5.56. The highest BCUT2D eigenvalue weighted by Gasteiger charge is 2.15. The van der Waals surface area contributed by atoms with Crippen molar-refractivity contribution in [3.05, 3.63) is 29.6 Å². The highest BCUT2D eigenvalue weighted by Crippen LogP contribution is 2.08. The molecular weight excluding hydrogens is 276 g/mol. The minimum absolute atomic E-state index is 0.196. The van der Waals surface area contributed by atoms with E-state index in [0.717, 1.165) is 6.26 Å². The van der Waals surface area contributed by atoms with Gasteiger partial charge in [-0.1, -0.05) is 0 Å². The summed E-state index contributed by atoms with van der Waals surface area (Å²) in [6.45, 7) is 0.233. The zero-order valence-corrected chi connectivity index (χ0v) is 11.7. The van der Waals surface area contributed by atoms with E-state index in [1.807, 2.05) is 0 Å². The van der Waals surface area contributed by atoms with Gasteiger partial charge in [-0.05, 0) is 17.7 Å². The Bertz CT molecular complexity index is 609. The topological polar surface area (TPSA) is 107 Å². The van der Waals surface area contributed by atoms with Crippen molar-refractivity contribution in [3.8, 4) is 0 Å². The molecule has 1 rings (SSSR count). The number of rotatable bonds is 6. The second-order valence-electron chi connectivity index (χ2n) is 4.08. The van der Waals surface area contributed by atoms with E-state index in [4.69, 9.17) is 5.73 Å². The minimum Gasteiger partial charge on any atom is -0.325 e. The highest BCUT2D eigenvalue weighted by molar-refractivity contribution is 7.94. The van der Waals surface area contributed by atoms with Crippen LogP contribution >= 0.6 is 0 Å². The molecule has 8 heteroatoms. The molecule has 1 heterocycles. The first-order valence-electron chi connectivity index (χ1n) is 5.24. The zero-order chi connectivity index (χ0) is 13.8. The lowest BCUT2D eigenvalue weighted by molar-refractivity contribution is 0.589. The first kappa shape index (κ1) is 15.1. The molecule has 0 saturated heterocycles. The van der Waals surface area contributed by atoms with Gasteiger partial charge in [0.2, 0.25) is 0 Å². The molecule has 0 aliphatic carbocycles. The lowest BCUT2D eigenvalue weighted by Gasteiger charge is -2.05. The molecule has 0 atom stereocenters. The van der Waals surface area contributed by atoms with Gasteiger partial charge in [-0.3, -0.25) is 4.98 Å². The molecule has 0 saturated carbocycles. The molecule has 1 aromatic heterocycles. The largest absolute Gasteiger partial charge is 0.325 e. The summed E-state index contributed by atoms with van der Waals surface area (Å²) >= 11 is 0. The van der Waals surface area contributed by atoms with Gasteiger partial charge in [-0.2, -0.15) is 0 Å². The smallest absolute Gasteiger partial charge is 0.155 e. The number of nitrogens with zero attached hydrogens (tertiary/aromatic N) is 1. The summed E-state index contributed by atoms with van der Waals surface area (Å²) in [7, 11) is -6.71. The summed E-state index contributed by atoms with van der Waals surface area (Å²) < 4.78 is 45.3. The fourth-order valence-corrected chi connectivity index (χ4v) is 4.39. The molecule has 0 radical (unpaired) electrons. The maximum Gasteiger partial charge on any atom is 0.155 e. The number of hydrogen-bond donors (Lipinski definition) is 1. The Morgan fingerprint density at radius 1 is 1.22 bits per heavy atom. The van der Waals surface area contributed by atoms with Gasteiger partial charge in [0.25, 0.3) is 0 Å². The Kier molecular flexibility index (Phi) is 4.83. The van der Waals surface area contributed by atoms with Crippen molar-refractivity contribution < 1.29 is 16.8 Å². The number of pyridine rings is 1. The average Bonchev–Trinajstić information content (AvgIpc) is 2.25. The number of nitrogens with two attached hydrogens (primary N) is 1. The molecule has 0 amide bonds. The van der Waals surface area contributed by atoms with Gasteiger partial charge in [0.05, 0.1) is 23.0 Å². The molecular formula is C10H16N2O4S2. The summed E-state index contributed by atoms with van der Waals surface area (Å²) in [4.78, 5) is 3.96. The van der Waals surface area contributed by atoms with Crippen LogP contribution in [0.4, 0.5) is 0 Å². The van der Waals surface area contributed by atoms with Gasteiger partial charge in [-0.25, -0.2) is 16.8 Å². The van der Waals surface area contributed by atoms with Crippen LogP contribution in [0.1, 0.15) is 11.3 Å². The van der Waals surface area contributed by atoms with E-state index >= 15 is 0 Å². The van der Waals surface area contributed by atoms with E-state index in [1.54, 1.807) is 12.1 Å². The van der Waals surface area contributed by atoms with E-state index in [0.29, 0.717) is 11.3 Å². The van der Waals surface area contributed by atoms with Crippen molar-refractivity contribution in [2.24, 2.45) is 5.73 Å². The molecule has 0 fully saturated rings. The standard InChI is InChI=1S/C10H16N2O4S2/c1-17(13,14)4-5-18(15,16)8-9-2-3-12-10(6-9)7-11/h2-3,6H,4-5,7-8,11H2,1H3. The van der Waals surface area contributed by atoms with Crippen LogP contribution < -0.4 is 5.73 Å². The molecule has 0 aliphatic heterocycles. The van der Waals surface area contributed by atoms with Crippen molar-refractivity contribution >= 4 is 19.7 Å². The quantitative estimate of drug-likeness (QED) is 0.757. The van der Waals surface area contributed by atoms with Crippen LogP contribution in [0.5, 0.6) is 0 Å². The normalized spacial score (nSPS) is 12.6. The van der Waals surface area contributed by atoms with E-state index in [-0.39, 0.29) is 23.8 Å². The molecule has 0 bridgehead atoms. The van der Waals surface area contributed by atoms with Crippen LogP contribution in [0.2, 0.25) is 0 Å². The summed E-state index contributed by atoms with van der Waals surface area (Å²) in [6, 6.07) is 3.19. The van der Waals surface area contributed by atoms with Crippen LogP contribution in [-0.2, 0) is 32.0 Å². The Morgan fingerprint density at radius 2 is 1.89 bits per heavy atom. The maximum atomic E-state index is 11.7. The van der Waals surface area contributed by atoms with Crippen molar-refractivity contribution in [1.82, 2.24) is 4.98 Å². The van der Waals surface area contributed by atoms with Crippen LogP contribution in [0.25, 0.3) is 0 Å². The van der Waals surface area contributed by atoms with Gasteiger partial charge >= 0.3 is 0 Å². The van der Waals surface area contributed by atoms with Gasteiger partial charge in [0, 0.05) is 19.0 Å². The van der Waals surface area contributed by atoms with Crippen LogP contribution in [0.3, 0.4) is 0 Å². The molecule has 2 N–H and O–H groups in total. The van der Waals surface area contributed by atoms with E-state index < -0.39 is 19.7 Å². The molecule has 102 valence electrons. The third-order valence-electron chi connectivity index (χ3n) is 2.24. The summed E-state index contributed by atoms with van der Waals surface area (Å²) in [6.07, 6.45) is 2.51. The Morgan fingerprint density at radius 3 is 2.44 bits per heavy atom. The molecule has 0 aromatic carbocycles. The van der Waals surface area contributed by atoms with Crippen LogP contribution in [-0.4, -0.2) is 39.6 Å². The summed E-state index contributed by atoms with van der Waals surface area (Å²) in [5.41, 5.74) is 6.58. The Balaban J connectivity index is 2.76. The van der Waals surface area contributed by atoms with Crippen molar-refractivity contribution in [2.75, 3.05) is 17.8 Å². The lowest BCUT2D eigenvalue weighted by Crippen LogP contribution is -2.17. The van der Waals surface area contributed by atoms with Crippen molar-refractivity contribution in [2.45, 2.75) is 12.3 Å². The lowest BCUT2D eigenvalue weighted by atomic mass is 10.2. The minimum atomic E-state index is -3.44. The van der Waals surface area contributed by atoms with Crippen molar-refractivity contribution in [1.29, 1.82) is 0 Å². The second kappa shape index (κ2) is 5.77. The van der Waals surface area contributed by atoms with Crippen LogP contribution in [0.15, 0.2) is 18.3 Å². The molecule has 18 heavy (non-hydrogen) atoms. The van der Waals surface area contributed by atoms with E-state index in [9.17, 15) is 16.8 Å². The number of sulfone groups is 2. The fourth-order valence-electron chi connectivity index (χ4n) is 1.33. The van der Waals surface area contributed by atoms with E-state index in [1.165, 1.54) is 6.20 Å². The first-order chi connectivity index (χ1) is 8.22. The van der Waals surface area contributed by atoms with Crippen molar-refractivity contribution in [3.63, 3.8) is 0 Å². The Labute approximate surface area is 107 Å². The van der Waals surface area contributed by atoms with E-state index in [2.05, 4.69) is 4.98 Å². The maximum absolute atomic E-state index is 11.7. The predicted octanol–water partition coefficient (Wildman–Crippen LogP) is -0.500. The zero-order valence-electron chi connectivity index (χ0n) is 10.0. The van der Waals surface area contributed by atoms with Gasteiger partial charge in [0.15, 0.2) is 9.84 Å². The second-order valence-corrected chi connectivity index (χ2v) is 8.53. The number of aromatic nitrogens is 1. The first-order valence-corrected chi connectivity index (χ1v) is 9.12. The van der Waals surface area contributed by atoms with Gasteiger partial charge in [-0.15, -0.1) is 0 Å². The number of hydrogen-bond acceptors (Lipinski definition) is 6. The molecule has 0 spiro atoms. The fraction of sp³-hybridized carbons (Fsp3) is 0.500. The monoisotopic (exact) mass is 292 g/mol. The molecule has 1 aromatic rings. The highest BCUT2D eigenvalue weighted by atomic mass is 32.2. The van der Waals surface area contributed by atoms with Gasteiger partial charge < -0.3 is 5.73 Å².